The number of fused-ring (bicyclic) bond motifs is 1. The van der Waals surface area contributed by atoms with Gasteiger partial charge in [0.05, 0.1) is 17.6 Å². The number of rotatable bonds is 3. The van der Waals surface area contributed by atoms with Crippen molar-refractivity contribution >= 4 is 16.9 Å². The van der Waals surface area contributed by atoms with E-state index in [-0.39, 0.29) is 0 Å². The van der Waals surface area contributed by atoms with Gasteiger partial charge in [-0.2, -0.15) is 0 Å². The minimum absolute atomic E-state index is 0.323. The Morgan fingerprint density at radius 2 is 1.76 bits per heavy atom. The highest BCUT2D eigenvalue weighted by atomic mass is 16.2. The third-order valence-electron chi connectivity index (χ3n) is 5.70. The first kappa shape index (κ1) is 16.6. The van der Waals surface area contributed by atoms with E-state index in [1.54, 1.807) is 0 Å². The highest BCUT2D eigenvalue weighted by Gasteiger charge is 2.25. The number of amides is 1. The maximum Gasteiger partial charge on any atom is 0.236 e. The fourth-order valence-electron chi connectivity index (χ4n) is 4.14. The smallest absolute Gasteiger partial charge is 0.236 e. The molecule has 0 aliphatic carbocycles. The molecule has 1 amide bonds. The molecule has 5 heteroatoms. The van der Waals surface area contributed by atoms with Crippen LogP contribution in [0, 0.1) is 0 Å². The first-order chi connectivity index (χ1) is 12.3. The predicted molar refractivity (Wildman–Crippen MR) is 99.6 cm³/mol. The average Bonchev–Trinajstić information content (AvgIpc) is 2.88. The molecule has 134 valence electrons. The zero-order valence-corrected chi connectivity index (χ0v) is 14.9. The van der Waals surface area contributed by atoms with Gasteiger partial charge in [0.15, 0.2) is 0 Å². The van der Waals surface area contributed by atoms with Gasteiger partial charge in [-0.25, -0.2) is 4.98 Å². The Morgan fingerprint density at radius 3 is 2.48 bits per heavy atom. The number of hydrogen-bond acceptors (Lipinski definition) is 3. The number of carbonyl (C=O) groups excluding carboxylic acids is 1. The Morgan fingerprint density at radius 1 is 1.04 bits per heavy atom. The lowest BCUT2D eigenvalue weighted by Crippen LogP contribution is -2.43. The van der Waals surface area contributed by atoms with Crippen LogP contribution < -0.4 is 0 Å². The minimum atomic E-state index is 0.323. The monoisotopic (exact) mass is 340 g/mol. The van der Waals surface area contributed by atoms with Gasteiger partial charge < -0.3 is 9.88 Å². The van der Waals surface area contributed by atoms with Gasteiger partial charge in [-0.15, -0.1) is 0 Å². The van der Waals surface area contributed by atoms with Crippen molar-refractivity contribution in [1.29, 1.82) is 0 Å². The number of likely N-dealkylation sites (tertiary alicyclic amines) is 2. The van der Waals surface area contributed by atoms with Crippen LogP contribution in [-0.2, 0) is 4.79 Å². The normalized spacial score (nSPS) is 20.7. The lowest BCUT2D eigenvalue weighted by molar-refractivity contribution is -0.132. The molecule has 1 aromatic carbocycles. The summed E-state index contributed by atoms with van der Waals surface area (Å²) in [6.45, 7) is 4.47. The van der Waals surface area contributed by atoms with E-state index in [1.165, 1.54) is 25.7 Å². The SMILES string of the molecule is O=C(CN1CCC(c2nc3ccccc3[nH]2)CC1)N1CCCCCC1. The van der Waals surface area contributed by atoms with Crippen molar-refractivity contribution in [2.45, 2.75) is 44.4 Å². The first-order valence-electron chi connectivity index (χ1n) is 9.74. The van der Waals surface area contributed by atoms with Crippen LogP contribution in [0.2, 0.25) is 0 Å². The summed E-state index contributed by atoms with van der Waals surface area (Å²) in [6, 6.07) is 8.22. The van der Waals surface area contributed by atoms with E-state index in [0.29, 0.717) is 18.4 Å². The lowest BCUT2D eigenvalue weighted by atomic mass is 9.96. The minimum Gasteiger partial charge on any atom is -0.342 e. The Hall–Kier alpha value is -1.88. The largest absolute Gasteiger partial charge is 0.342 e. The van der Waals surface area contributed by atoms with Crippen LogP contribution in [0.15, 0.2) is 24.3 Å². The van der Waals surface area contributed by atoms with Gasteiger partial charge in [-0.05, 0) is 50.9 Å². The topological polar surface area (TPSA) is 52.2 Å². The Balaban J connectivity index is 1.31. The molecule has 1 N–H and O–H groups in total. The maximum atomic E-state index is 12.6. The van der Waals surface area contributed by atoms with Crippen LogP contribution in [0.3, 0.4) is 0 Å². The number of nitrogens with one attached hydrogen (secondary N) is 1. The van der Waals surface area contributed by atoms with E-state index >= 15 is 0 Å². The Bertz CT molecular complexity index is 676. The third-order valence-corrected chi connectivity index (χ3v) is 5.70. The second-order valence-electron chi connectivity index (χ2n) is 7.48. The van der Waals surface area contributed by atoms with Crippen LogP contribution in [0.25, 0.3) is 11.0 Å². The Kier molecular flexibility index (Phi) is 5.02. The van der Waals surface area contributed by atoms with Gasteiger partial charge in [-0.1, -0.05) is 25.0 Å². The second-order valence-corrected chi connectivity index (χ2v) is 7.48. The van der Waals surface area contributed by atoms with Gasteiger partial charge in [0, 0.05) is 19.0 Å². The molecule has 5 nitrogen and oxygen atoms in total. The van der Waals surface area contributed by atoms with Gasteiger partial charge in [0.2, 0.25) is 5.91 Å². The van der Waals surface area contributed by atoms with E-state index in [4.69, 9.17) is 4.98 Å². The summed E-state index contributed by atoms with van der Waals surface area (Å²) in [5.74, 6) is 1.92. The number of para-hydroxylation sites is 2. The van der Waals surface area contributed by atoms with Crippen LogP contribution in [-0.4, -0.2) is 58.4 Å². The number of hydrogen-bond donors (Lipinski definition) is 1. The number of aromatic amines is 1. The molecular weight excluding hydrogens is 312 g/mol. The van der Waals surface area contributed by atoms with Crippen molar-refractivity contribution in [2.24, 2.45) is 0 Å². The van der Waals surface area contributed by atoms with Crippen molar-refractivity contribution in [3.8, 4) is 0 Å². The fraction of sp³-hybridized carbons (Fsp3) is 0.600. The third kappa shape index (κ3) is 3.87. The lowest BCUT2D eigenvalue weighted by Gasteiger charge is -2.32. The molecule has 0 unspecified atom stereocenters. The molecule has 0 bridgehead atoms. The molecule has 0 radical (unpaired) electrons. The number of carbonyl (C=O) groups is 1. The molecule has 0 spiro atoms. The van der Waals surface area contributed by atoms with E-state index in [9.17, 15) is 4.79 Å². The number of benzene rings is 1. The zero-order chi connectivity index (χ0) is 17.1. The quantitative estimate of drug-likeness (QED) is 0.934. The van der Waals surface area contributed by atoms with Crippen LogP contribution in [0.5, 0.6) is 0 Å². The molecule has 0 saturated carbocycles. The molecule has 4 rings (SSSR count). The van der Waals surface area contributed by atoms with E-state index in [2.05, 4.69) is 26.9 Å². The Labute approximate surface area is 149 Å². The molecular formula is C20H28N4O. The first-order valence-corrected chi connectivity index (χ1v) is 9.74. The van der Waals surface area contributed by atoms with E-state index in [1.807, 2.05) is 12.1 Å². The van der Waals surface area contributed by atoms with Gasteiger partial charge in [-0.3, -0.25) is 9.69 Å². The molecule has 2 aliphatic heterocycles. The summed E-state index contributed by atoms with van der Waals surface area (Å²) >= 11 is 0. The molecule has 1 aromatic heterocycles. The number of aromatic nitrogens is 2. The van der Waals surface area contributed by atoms with Crippen molar-refractivity contribution in [3.63, 3.8) is 0 Å². The van der Waals surface area contributed by atoms with E-state index < -0.39 is 0 Å². The van der Waals surface area contributed by atoms with Crippen LogP contribution in [0.4, 0.5) is 0 Å². The van der Waals surface area contributed by atoms with Gasteiger partial charge >= 0.3 is 0 Å². The second kappa shape index (κ2) is 7.56. The number of nitrogens with zero attached hydrogens (tertiary/aromatic N) is 3. The summed E-state index contributed by atoms with van der Waals surface area (Å²) < 4.78 is 0. The number of imidazole rings is 1. The van der Waals surface area contributed by atoms with Gasteiger partial charge in [0.1, 0.15) is 5.82 Å². The van der Waals surface area contributed by atoms with Crippen molar-refractivity contribution < 1.29 is 4.79 Å². The zero-order valence-electron chi connectivity index (χ0n) is 14.9. The van der Waals surface area contributed by atoms with Crippen molar-refractivity contribution in [1.82, 2.24) is 19.8 Å². The molecule has 2 fully saturated rings. The van der Waals surface area contributed by atoms with Crippen LogP contribution in [0.1, 0.15) is 50.3 Å². The number of H-pyrrole nitrogens is 1. The van der Waals surface area contributed by atoms with Crippen molar-refractivity contribution in [2.75, 3.05) is 32.7 Å². The number of piperidine rings is 1. The molecule has 25 heavy (non-hydrogen) atoms. The fourth-order valence-corrected chi connectivity index (χ4v) is 4.14. The average molecular weight is 340 g/mol. The summed E-state index contributed by atoms with van der Waals surface area (Å²) in [4.78, 5) is 25.2. The molecule has 0 atom stereocenters. The molecule has 2 aliphatic rings. The van der Waals surface area contributed by atoms with Crippen molar-refractivity contribution in [3.05, 3.63) is 30.1 Å². The summed E-state index contributed by atoms with van der Waals surface area (Å²) in [6.07, 6.45) is 7.03. The maximum absolute atomic E-state index is 12.6. The standard InChI is InChI=1S/C20H28N4O/c25-19(24-11-5-1-2-6-12-24)15-23-13-9-16(10-14-23)20-21-17-7-3-4-8-18(17)22-20/h3-4,7-8,16H,1-2,5-6,9-15H2,(H,21,22). The van der Waals surface area contributed by atoms with Gasteiger partial charge in [0.25, 0.3) is 0 Å². The molecule has 3 heterocycles. The summed E-state index contributed by atoms with van der Waals surface area (Å²) in [5, 5.41) is 0. The highest BCUT2D eigenvalue weighted by molar-refractivity contribution is 5.78. The molecule has 2 aromatic rings. The predicted octanol–water partition coefficient (Wildman–Crippen LogP) is 3.14. The highest BCUT2D eigenvalue weighted by Crippen LogP contribution is 2.27. The molecule has 2 saturated heterocycles. The summed E-state index contributed by atoms with van der Waals surface area (Å²) in [7, 11) is 0. The summed E-state index contributed by atoms with van der Waals surface area (Å²) in [5.41, 5.74) is 2.17. The van der Waals surface area contributed by atoms with Crippen LogP contribution >= 0.6 is 0 Å². The van der Waals surface area contributed by atoms with E-state index in [0.717, 1.165) is 55.9 Å².